The van der Waals surface area contributed by atoms with Gasteiger partial charge in [0.1, 0.15) is 12.0 Å². The second-order valence-electron chi connectivity index (χ2n) is 4.94. The molecule has 0 saturated heterocycles. The van der Waals surface area contributed by atoms with E-state index in [4.69, 9.17) is 11.6 Å². The second kappa shape index (κ2) is 7.22. The predicted molar refractivity (Wildman–Crippen MR) is 84.9 cm³/mol. The molecule has 2 N–H and O–H groups in total. The summed E-state index contributed by atoms with van der Waals surface area (Å²) < 4.78 is 12.0. The summed E-state index contributed by atoms with van der Waals surface area (Å²) in [5, 5.41) is 7.14. The summed E-state index contributed by atoms with van der Waals surface area (Å²) in [5.41, 5.74) is 0.716. The van der Waals surface area contributed by atoms with E-state index in [0.29, 0.717) is 22.1 Å². The average Bonchev–Trinajstić information content (AvgIpc) is 2.47. The van der Waals surface area contributed by atoms with E-state index in [0.717, 1.165) is 37.3 Å². The van der Waals surface area contributed by atoms with Crippen LogP contribution >= 0.6 is 11.6 Å². The highest BCUT2D eigenvalue weighted by Gasteiger charge is 2.26. The molecule has 1 saturated carbocycles. The first kappa shape index (κ1) is 15.5. The van der Waals surface area contributed by atoms with Crippen LogP contribution in [0.5, 0.6) is 0 Å². The van der Waals surface area contributed by atoms with Gasteiger partial charge < -0.3 is 10.6 Å². The van der Waals surface area contributed by atoms with Crippen LogP contribution in [0.1, 0.15) is 32.6 Å². The van der Waals surface area contributed by atoms with Crippen molar-refractivity contribution in [2.75, 3.05) is 23.4 Å². The van der Waals surface area contributed by atoms with Gasteiger partial charge >= 0.3 is 0 Å². The molecule has 0 spiro atoms. The van der Waals surface area contributed by atoms with E-state index < -0.39 is 10.8 Å². The topological polar surface area (TPSA) is 66.9 Å². The largest absolute Gasteiger partial charge is 0.383 e. The Morgan fingerprint density at radius 2 is 2.25 bits per heavy atom. The molecular formula is C13H21ClN4OS. The highest BCUT2D eigenvalue weighted by atomic mass is 35.5. The number of hydrogen-bond acceptors (Lipinski definition) is 5. The Balaban J connectivity index is 2.06. The molecule has 1 aliphatic rings. The van der Waals surface area contributed by atoms with Crippen molar-refractivity contribution >= 4 is 33.9 Å². The number of nitrogens with zero attached hydrogens (tertiary/aromatic N) is 2. The van der Waals surface area contributed by atoms with Crippen LogP contribution in [0.2, 0.25) is 5.15 Å². The molecule has 1 heterocycles. The van der Waals surface area contributed by atoms with Crippen molar-refractivity contribution < 1.29 is 4.21 Å². The maximum atomic E-state index is 12.0. The third kappa shape index (κ3) is 3.61. The minimum Gasteiger partial charge on any atom is -0.383 e. The molecule has 2 rings (SSSR count). The number of hydrogen-bond donors (Lipinski definition) is 2. The zero-order chi connectivity index (χ0) is 14.5. The van der Waals surface area contributed by atoms with Gasteiger partial charge in [0, 0.05) is 34.9 Å². The molecule has 0 radical (unpaired) electrons. The molecule has 0 amide bonds. The van der Waals surface area contributed by atoms with Crippen LogP contribution in [0.4, 0.5) is 11.5 Å². The van der Waals surface area contributed by atoms with Gasteiger partial charge in [-0.05, 0) is 19.3 Å². The van der Waals surface area contributed by atoms with Gasteiger partial charge in [0.15, 0.2) is 11.0 Å². The molecule has 7 heteroatoms. The lowest BCUT2D eigenvalue weighted by Crippen LogP contribution is -2.33. The third-order valence-electron chi connectivity index (χ3n) is 3.67. The average molecular weight is 317 g/mol. The van der Waals surface area contributed by atoms with Crippen molar-refractivity contribution in [1.29, 1.82) is 0 Å². The van der Waals surface area contributed by atoms with Crippen molar-refractivity contribution in [2.24, 2.45) is 0 Å². The smallest absolute Gasteiger partial charge is 0.157 e. The lowest BCUT2D eigenvalue weighted by molar-refractivity contribution is 0.464. The third-order valence-corrected chi connectivity index (χ3v) is 5.70. The summed E-state index contributed by atoms with van der Waals surface area (Å²) in [5.74, 6) is 1.46. The summed E-state index contributed by atoms with van der Waals surface area (Å²) in [6.07, 6.45) is 5.60. The normalized spacial score (nSPS) is 24.1. The zero-order valence-electron chi connectivity index (χ0n) is 11.9. The number of halogens is 1. The standard InChI is InChI=1S/C13H21ClN4OS/c1-3-20(19)10-6-4-5-9(7-10)18-13-11(15-2)12(14)16-8-17-13/h8-10,15H,3-7H2,1-2H3,(H,16,17,18). The van der Waals surface area contributed by atoms with Crippen molar-refractivity contribution in [1.82, 2.24) is 9.97 Å². The van der Waals surface area contributed by atoms with Crippen molar-refractivity contribution in [3.05, 3.63) is 11.5 Å². The van der Waals surface area contributed by atoms with Gasteiger partial charge in [-0.1, -0.05) is 24.9 Å². The Kier molecular flexibility index (Phi) is 5.60. The Hall–Kier alpha value is -0.880. The molecule has 0 bridgehead atoms. The highest BCUT2D eigenvalue weighted by molar-refractivity contribution is 7.85. The van der Waals surface area contributed by atoms with Crippen LogP contribution < -0.4 is 10.6 Å². The maximum absolute atomic E-state index is 12.0. The van der Waals surface area contributed by atoms with E-state index in [1.165, 1.54) is 6.33 Å². The van der Waals surface area contributed by atoms with E-state index in [1.54, 1.807) is 7.05 Å². The van der Waals surface area contributed by atoms with Gasteiger partial charge in [-0.2, -0.15) is 0 Å². The molecule has 0 aliphatic heterocycles. The maximum Gasteiger partial charge on any atom is 0.157 e. The van der Waals surface area contributed by atoms with E-state index in [9.17, 15) is 4.21 Å². The van der Waals surface area contributed by atoms with Gasteiger partial charge in [0.05, 0.1) is 0 Å². The first-order valence-electron chi connectivity index (χ1n) is 6.97. The molecule has 3 unspecified atom stereocenters. The first-order chi connectivity index (χ1) is 9.65. The van der Waals surface area contributed by atoms with Crippen molar-refractivity contribution in [3.8, 4) is 0 Å². The molecule has 1 aromatic rings. The van der Waals surface area contributed by atoms with E-state index in [2.05, 4.69) is 20.6 Å². The van der Waals surface area contributed by atoms with E-state index in [-0.39, 0.29) is 0 Å². The Labute approximate surface area is 127 Å². The fourth-order valence-electron chi connectivity index (χ4n) is 2.64. The lowest BCUT2D eigenvalue weighted by Gasteiger charge is -2.29. The molecule has 1 fully saturated rings. The van der Waals surface area contributed by atoms with Crippen LogP contribution in [0.15, 0.2) is 6.33 Å². The summed E-state index contributed by atoms with van der Waals surface area (Å²) >= 11 is 6.05. The van der Waals surface area contributed by atoms with Crippen LogP contribution in [0.3, 0.4) is 0 Å². The summed E-state index contributed by atoms with van der Waals surface area (Å²) in [4.78, 5) is 8.21. The van der Waals surface area contributed by atoms with Gasteiger partial charge in [0.2, 0.25) is 0 Å². The lowest BCUT2D eigenvalue weighted by atomic mass is 9.95. The molecule has 112 valence electrons. The fourth-order valence-corrected chi connectivity index (χ4v) is 4.21. The fraction of sp³-hybridized carbons (Fsp3) is 0.692. The van der Waals surface area contributed by atoms with Gasteiger partial charge in [-0.25, -0.2) is 9.97 Å². The molecule has 3 atom stereocenters. The first-order valence-corrected chi connectivity index (χ1v) is 8.73. The highest BCUT2D eigenvalue weighted by Crippen LogP contribution is 2.30. The second-order valence-corrected chi connectivity index (χ2v) is 7.30. The molecule has 1 aliphatic carbocycles. The molecule has 1 aromatic heterocycles. The Morgan fingerprint density at radius 3 is 2.95 bits per heavy atom. The number of nitrogens with one attached hydrogen (secondary N) is 2. The number of rotatable bonds is 5. The van der Waals surface area contributed by atoms with Crippen molar-refractivity contribution in [2.45, 2.75) is 43.9 Å². The van der Waals surface area contributed by atoms with Crippen molar-refractivity contribution in [3.63, 3.8) is 0 Å². The molecular weight excluding hydrogens is 296 g/mol. The van der Waals surface area contributed by atoms with E-state index >= 15 is 0 Å². The van der Waals surface area contributed by atoms with Crippen LogP contribution in [0, 0.1) is 0 Å². The summed E-state index contributed by atoms with van der Waals surface area (Å²) in [6.45, 7) is 1.98. The minimum atomic E-state index is -0.718. The number of aromatic nitrogens is 2. The summed E-state index contributed by atoms with van der Waals surface area (Å²) in [7, 11) is 1.08. The monoisotopic (exact) mass is 316 g/mol. The predicted octanol–water partition coefficient (Wildman–Crippen LogP) is 2.66. The van der Waals surface area contributed by atoms with E-state index in [1.807, 2.05) is 6.92 Å². The number of anilines is 2. The molecule has 0 aromatic carbocycles. The Bertz CT molecular complexity index is 485. The van der Waals surface area contributed by atoms with Gasteiger partial charge in [0.25, 0.3) is 0 Å². The minimum absolute atomic E-state index is 0.293. The van der Waals surface area contributed by atoms with Crippen LogP contribution in [-0.4, -0.2) is 38.3 Å². The quantitative estimate of drug-likeness (QED) is 0.817. The molecule has 5 nitrogen and oxygen atoms in total. The zero-order valence-corrected chi connectivity index (χ0v) is 13.4. The molecule has 20 heavy (non-hydrogen) atoms. The SMILES string of the molecule is CCS(=O)C1CCCC(Nc2ncnc(Cl)c2NC)C1. The van der Waals surface area contributed by atoms with Gasteiger partial charge in [-0.3, -0.25) is 4.21 Å². The summed E-state index contributed by atoms with van der Waals surface area (Å²) in [6, 6.07) is 0.294. The van der Waals surface area contributed by atoms with Crippen LogP contribution in [-0.2, 0) is 10.8 Å². The Morgan fingerprint density at radius 1 is 1.45 bits per heavy atom. The van der Waals surface area contributed by atoms with Crippen LogP contribution in [0.25, 0.3) is 0 Å². The van der Waals surface area contributed by atoms with Gasteiger partial charge in [-0.15, -0.1) is 0 Å².